The van der Waals surface area contributed by atoms with Crippen LogP contribution in [0.15, 0.2) is 16.6 Å². The van der Waals surface area contributed by atoms with Gasteiger partial charge in [0.2, 0.25) is 0 Å². The van der Waals surface area contributed by atoms with Crippen molar-refractivity contribution >= 4 is 27.5 Å². The van der Waals surface area contributed by atoms with Crippen LogP contribution in [0.2, 0.25) is 5.02 Å². The molecule has 7 heteroatoms. The van der Waals surface area contributed by atoms with E-state index in [1.807, 2.05) is 0 Å². The lowest BCUT2D eigenvalue weighted by Crippen LogP contribution is -1.97. The summed E-state index contributed by atoms with van der Waals surface area (Å²) < 4.78 is 15.5. The Kier molecular flexibility index (Phi) is 2.70. The van der Waals surface area contributed by atoms with Gasteiger partial charge in [-0.2, -0.15) is 0 Å². The average Bonchev–Trinajstić information content (AvgIpc) is 2.50. The largest absolute Gasteiger partial charge is 0.228 e. The molecule has 0 unspecified atom stereocenters. The van der Waals surface area contributed by atoms with Crippen LogP contribution >= 0.6 is 27.5 Å². The van der Waals surface area contributed by atoms with Gasteiger partial charge < -0.3 is 0 Å². The van der Waals surface area contributed by atoms with E-state index in [0.717, 1.165) is 0 Å². The van der Waals surface area contributed by atoms with Gasteiger partial charge in [0.25, 0.3) is 0 Å². The van der Waals surface area contributed by atoms with Crippen molar-refractivity contribution < 1.29 is 4.39 Å². The molecule has 15 heavy (non-hydrogen) atoms. The maximum atomic E-state index is 13.6. The summed E-state index contributed by atoms with van der Waals surface area (Å²) in [6, 6.07) is 2.81. The SMILES string of the molecule is Cn1nnnc1-c1c(F)cc(Cl)cc1Br. The van der Waals surface area contributed by atoms with Crippen molar-refractivity contribution in [3.05, 3.63) is 27.4 Å². The molecule has 0 fully saturated rings. The second-order valence-corrected chi connectivity index (χ2v) is 4.16. The highest BCUT2D eigenvalue weighted by Gasteiger charge is 2.16. The topological polar surface area (TPSA) is 43.6 Å². The molecule has 4 nitrogen and oxygen atoms in total. The Morgan fingerprint density at radius 2 is 2.20 bits per heavy atom. The molecule has 0 saturated carbocycles. The molecule has 1 aromatic carbocycles. The third kappa shape index (κ3) is 1.87. The van der Waals surface area contributed by atoms with Gasteiger partial charge in [0.1, 0.15) is 5.82 Å². The Morgan fingerprint density at radius 1 is 1.47 bits per heavy atom. The minimum Gasteiger partial charge on any atom is -0.228 e. The molecular weight excluding hydrogens is 286 g/mol. The number of tetrazole rings is 1. The van der Waals surface area contributed by atoms with E-state index in [1.54, 1.807) is 13.1 Å². The van der Waals surface area contributed by atoms with Crippen LogP contribution in [0, 0.1) is 5.82 Å². The molecule has 0 saturated heterocycles. The monoisotopic (exact) mass is 290 g/mol. The summed E-state index contributed by atoms with van der Waals surface area (Å²) >= 11 is 8.92. The molecule has 0 bridgehead atoms. The number of aromatic nitrogens is 4. The summed E-state index contributed by atoms with van der Waals surface area (Å²) in [5.41, 5.74) is 0.298. The number of nitrogens with zero attached hydrogens (tertiary/aromatic N) is 4. The minimum absolute atomic E-state index is 0.298. The van der Waals surface area contributed by atoms with E-state index in [9.17, 15) is 4.39 Å². The smallest absolute Gasteiger partial charge is 0.185 e. The molecule has 0 aliphatic carbocycles. The number of halogens is 3. The van der Waals surface area contributed by atoms with Gasteiger partial charge in [-0.25, -0.2) is 9.07 Å². The van der Waals surface area contributed by atoms with E-state index in [2.05, 4.69) is 31.5 Å². The molecule has 2 aromatic rings. The Morgan fingerprint density at radius 3 is 2.73 bits per heavy atom. The molecular formula is C8H5BrClFN4. The molecule has 2 rings (SSSR count). The lowest BCUT2D eigenvalue weighted by Gasteiger charge is -2.04. The Balaban J connectivity index is 2.68. The Hall–Kier alpha value is -1.01. The number of benzene rings is 1. The number of aryl methyl sites for hydroxylation is 1. The minimum atomic E-state index is -0.465. The van der Waals surface area contributed by atoms with Crippen molar-refractivity contribution in [3.8, 4) is 11.4 Å². The molecule has 0 atom stereocenters. The lowest BCUT2D eigenvalue weighted by molar-refractivity contribution is 0.626. The molecule has 1 heterocycles. The fourth-order valence-corrected chi connectivity index (χ4v) is 2.15. The van der Waals surface area contributed by atoms with Gasteiger partial charge >= 0.3 is 0 Å². The van der Waals surface area contributed by atoms with E-state index in [0.29, 0.717) is 20.9 Å². The summed E-state index contributed by atoms with van der Waals surface area (Å²) in [5, 5.41) is 11.1. The zero-order valence-electron chi connectivity index (χ0n) is 7.58. The fraction of sp³-hybridized carbons (Fsp3) is 0.125. The van der Waals surface area contributed by atoms with Crippen molar-refractivity contribution in [1.29, 1.82) is 0 Å². The van der Waals surface area contributed by atoms with E-state index in [-0.39, 0.29) is 0 Å². The van der Waals surface area contributed by atoms with Gasteiger partial charge in [-0.15, -0.1) is 5.10 Å². The Labute approximate surface area is 98.2 Å². The first-order valence-corrected chi connectivity index (χ1v) is 5.14. The maximum absolute atomic E-state index is 13.6. The quantitative estimate of drug-likeness (QED) is 0.810. The predicted octanol–water partition coefficient (Wildman–Crippen LogP) is 2.43. The summed E-state index contributed by atoms with van der Waals surface area (Å²) in [7, 11) is 1.63. The first-order valence-electron chi connectivity index (χ1n) is 3.97. The second kappa shape index (κ2) is 3.86. The van der Waals surface area contributed by atoms with E-state index < -0.39 is 5.82 Å². The molecule has 0 aliphatic heterocycles. The van der Waals surface area contributed by atoms with Crippen LogP contribution < -0.4 is 0 Å². The van der Waals surface area contributed by atoms with Crippen LogP contribution in [-0.4, -0.2) is 20.2 Å². The average molecular weight is 292 g/mol. The normalized spacial score (nSPS) is 10.7. The van der Waals surface area contributed by atoms with Crippen LogP contribution in [0.4, 0.5) is 4.39 Å². The zero-order chi connectivity index (χ0) is 11.0. The maximum Gasteiger partial charge on any atom is 0.185 e. The van der Waals surface area contributed by atoms with E-state index in [4.69, 9.17) is 11.6 Å². The van der Waals surface area contributed by atoms with Crippen molar-refractivity contribution in [3.63, 3.8) is 0 Å². The third-order valence-electron chi connectivity index (χ3n) is 1.85. The highest BCUT2D eigenvalue weighted by Crippen LogP contribution is 2.31. The van der Waals surface area contributed by atoms with Crippen molar-refractivity contribution in [2.75, 3.05) is 0 Å². The van der Waals surface area contributed by atoms with Gasteiger partial charge in [0.05, 0.1) is 5.56 Å². The van der Waals surface area contributed by atoms with Crippen LogP contribution in [-0.2, 0) is 7.05 Å². The van der Waals surface area contributed by atoms with Gasteiger partial charge in [-0.1, -0.05) is 11.6 Å². The zero-order valence-corrected chi connectivity index (χ0v) is 9.92. The van der Waals surface area contributed by atoms with Gasteiger partial charge in [0.15, 0.2) is 5.82 Å². The first-order chi connectivity index (χ1) is 7.09. The van der Waals surface area contributed by atoms with Crippen LogP contribution in [0.3, 0.4) is 0 Å². The third-order valence-corrected chi connectivity index (χ3v) is 2.69. The summed E-state index contributed by atoms with van der Waals surface area (Å²) in [6.45, 7) is 0. The van der Waals surface area contributed by atoms with Crippen LogP contribution in [0.1, 0.15) is 0 Å². The van der Waals surface area contributed by atoms with Gasteiger partial charge in [0, 0.05) is 16.5 Å². The number of hydrogen-bond acceptors (Lipinski definition) is 3. The van der Waals surface area contributed by atoms with Crippen molar-refractivity contribution in [2.45, 2.75) is 0 Å². The Bertz CT molecular complexity index is 490. The summed E-state index contributed by atoms with van der Waals surface area (Å²) in [5.74, 6) is -0.122. The van der Waals surface area contributed by atoms with E-state index in [1.165, 1.54) is 10.7 Å². The van der Waals surface area contributed by atoms with Crippen LogP contribution in [0.5, 0.6) is 0 Å². The first kappa shape index (κ1) is 10.5. The highest BCUT2D eigenvalue weighted by atomic mass is 79.9. The van der Waals surface area contributed by atoms with Crippen molar-refractivity contribution in [1.82, 2.24) is 20.2 Å². The number of hydrogen-bond donors (Lipinski definition) is 0. The summed E-state index contributed by atoms with van der Waals surface area (Å²) in [4.78, 5) is 0. The molecule has 78 valence electrons. The second-order valence-electron chi connectivity index (χ2n) is 2.87. The van der Waals surface area contributed by atoms with E-state index >= 15 is 0 Å². The highest BCUT2D eigenvalue weighted by molar-refractivity contribution is 9.10. The molecule has 0 N–H and O–H groups in total. The van der Waals surface area contributed by atoms with Crippen molar-refractivity contribution in [2.24, 2.45) is 7.05 Å². The fourth-order valence-electron chi connectivity index (χ4n) is 1.20. The standard InChI is InChI=1S/C8H5BrClFN4/c1-15-8(12-13-14-15)7-5(9)2-4(10)3-6(7)11/h2-3H,1H3. The van der Waals surface area contributed by atoms with Gasteiger partial charge in [-0.3, -0.25) is 0 Å². The molecule has 0 amide bonds. The summed E-state index contributed by atoms with van der Waals surface area (Å²) in [6.07, 6.45) is 0. The van der Waals surface area contributed by atoms with Gasteiger partial charge in [-0.05, 0) is 38.5 Å². The molecule has 0 radical (unpaired) electrons. The molecule has 0 spiro atoms. The predicted molar refractivity (Wildman–Crippen MR) is 56.9 cm³/mol. The lowest BCUT2D eigenvalue weighted by atomic mass is 10.2. The molecule has 1 aromatic heterocycles. The van der Waals surface area contributed by atoms with Crippen LogP contribution in [0.25, 0.3) is 11.4 Å². The number of rotatable bonds is 1. The molecule has 0 aliphatic rings.